The van der Waals surface area contributed by atoms with Gasteiger partial charge in [-0.2, -0.15) is 5.10 Å². The van der Waals surface area contributed by atoms with Crippen molar-refractivity contribution in [1.29, 1.82) is 0 Å². The Morgan fingerprint density at radius 1 is 1.35 bits per heavy atom. The van der Waals surface area contributed by atoms with Gasteiger partial charge in [0.15, 0.2) is 0 Å². The van der Waals surface area contributed by atoms with E-state index in [1.807, 2.05) is 0 Å². The lowest BCUT2D eigenvalue weighted by Gasteiger charge is -2.07. The number of benzene rings is 1. The van der Waals surface area contributed by atoms with E-state index in [1.165, 1.54) is 25.4 Å². The van der Waals surface area contributed by atoms with Crippen LogP contribution in [0.15, 0.2) is 24.4 Å². The van der Waals surface area contributed by atoms with Gasteiger partial charge in [0.1, 0.15) is 0 Å². The minimum absolute atomic E-state index is 0.191. The number of H-pyrrole nitrogens is 1. The molecule has 0 spiro atoms. The van der Waals surface area contributed by atoms with E-state index in [4.69, 9.17) is 11.6 Å². The van der Waals surface area contributed by atoms with Crippen molar-refractivity contribution in [2.75, 3.05) is 12.4 Å². The third kappa shape index (κ3) is 2.80. The number of aryl methyl sites for hydroxylation is 1. The summed E-state index contributed by atoms with van der Waals surface area (Å²) in [6.45, 7) is 1.74. The third-order valence-corrected chi connectivity index (χ3v) is 3.03. The Morgan fingerprint density at radius 2 is 2.10 bits per heavy atom. The van der Waals surface area contributed by atoms with Crippen LogP contribution >= 0.6 is 11.6 Å². The first-order chi connectivity index (χ1) is 9.52. The van der Waals surface area contributed by atoms with E-state index in [-0.39, 0.29) is 16.5 Å². The molecule has 0 saturated heterocycles. The number of hydrogen-bond donors (Lipinski definition) is 2. The van der Waals surface area contributed by atoms with Gasteiger partial charge < -0.3 is 10.1 Å². The zero-order valence-corrected chi connectivity index (χ0v) is 11.6. The molecule has 0 radical (unpaired) electrons. The van der Waals surface area contributed by atoms with Crippen LogP contribution in [-0.2, 0) is 4.74 Å². The second kappa shape index (κ2) is 5.75. The molecule has 0 aliphatic rings. The Bertz CT molecular complexity index is 667. The molecule has 0 saturated carbocycles. The quantitative estimate of drug-likeness (QED) is 0.851. The predicted molar refractivity (Wildman–Crippen MR) is 74.1 cm³/mol. The maximum Gasteiger partial charge on any atom is 0.339 e. The molecule has 0 bridgehead atoms. The first-order valence-corrected chi connectivity index (χ1v) is 6.10. The highest BCUT2D eigenvalue weighted by molar-refractivity contribution is 6.33. The van der Waals surface area contributed by atoms with Gasteiger partial charge in [0.05, 0.1) is 29.5 Å². The molecule has 2 rings (SSSR count). The minimum Gasteiger partial charge on any atom is -0.465 e. The van der Waals surface area contributed by atoms with Crippen LogP contribution in [-0.4, -0.2) is 29.2 Å². The van der Waals surface area contributed by atoms with Crippen LogP contribution in [0.5, 0.6) is 0 Å². The highest BCUT2D eigenvalue weighted by Gasteiger charge is 2.14. The molecule has 0 unspecified atom stereocenters. The van der Waals surface area contributed by atoms with Crippen LogP contribution < -0.4 is 5.32 Å². The lowest BCUT2D eigenvalue weighted by Crippen LogP contribution is -2.13. The monoisotopic (exact) mass is 293 g/mol. The van der Waals surface area contributed by atoms with E-state index in [2.05, 4.69) is 20.3 Å². The molecule has 1 amide bonds. The van der Waals surface area contributed by atoms with Gasteiger partial charge in [-0.05, 0) is 25.1 Å². The molecule has 1 heterocycles. The summed E-state index contributed by atoms with van der Waals surface area (Å²) in [7, 11) is 1.26. The zero-order chi connectivity index (χ0) is 14.7. The number of anilines is 1. The Kier molecular flexibility index (Phi) is 4.05. The van der Waals surface area contributed by atoms with Gasteiger partial charge in [0, 0.05) is 11.4 Å². The molecule has 20 heavy (non-hydrogen) atoms. The molecule has 2 aromatic rings. The number of hydrogen-bond acceptors (Lipinski definition) is 4. The van der Waals surface area contributed by atoms with Gasteiger partial charge in [-0.15, -0.1) is 0 Å². The molecule has 0 aliphatic heterocycles. The topological polar surface area (TPSA) is 84.1 Å². The van der Waals surface area contributed by atoms with Crippen LogP contribution in [0.2, 0.25) is 5.02 Å². The summed E-state index contributed by atoms with van der Waals surface area (Å²) in [5.41, 5.74) is 1.72. The summed E-state index contributed by atoms with van der Waals surface area (Å²) in [5.74, 6) is -0.889. The molecule has 6 nitrogen and oxygen atoms in total. The average Bonchev–Trinajstić information content (AvgIpc) is 2.86. The number of ether oxygens (including phenoxy) is 1. The first-order valence-electron chi connectivity index (χ1n) is 5.72. The fraction of sp³-hybridized carbons (Fsp3) is 0.154. The van der Waals surface area contributed by atoms with Gasteiger partial charge in [-0.25, -0.2) is 4.79 Å². The van der Waals surface area contributed by atoms with Crippen LogP contribution in [0.4, 0.5) is 5.69 Å². The summed E-state index contributed by atoms with van der Waals surface area (Å²) in [6.07, 6.45) is 1.43. The molecule has 2 N–H and O–H groups in total. The Morgan fingerprint density at radius 3 is 2.70 bits per heavy atom. The predicted octanol–water partition coefficient (Wildman–Crippen LogP) is 2.41. The van der Waals surface area contributed by atoms with Gasteiger partial charge >= 0.3 is 5.97 Å². The van der Waals surface area contributed by atoms with Crippen molar-refractivity contribution in [2.24, 2.45) is 0 Å². The normalized spacial score (nSPS) is 10.2. The van der Waals surface area contributed by atoms with E-state index in [9.17, 15) is 9.59 Å². The Hall–Kier alpha value is -2.34. The molecular weight excluding hydrogens is 282 g/mol. The molecule has 7 heteroatoms. The highest BCUT2D eigenvalue weighted by Crippen LogP contribution is 2.22. The second-order valence-electron chi connectivity index (χ2n) is 4.05. The van der Waals surface area contributed by atoms with Crippen LogP contribution in [0.3, 0.4) is 0 Å². The van der Waals surface area contributed by atoms with Crippen LogP contribution in [0.25, 0.3) is 0 Å². The summed E-state index contributed by atoms with van der Waals surface area (Å²) < 4.78 is 4.62. The molecule has 0 atom stereocenters. The highest BCUT2D eigenvalue weighted by atomic mass is 35.5. The van der Waals surface area contributed by atoms with Crippen molar-refractivity contribution in [1.82, 2.24) is 10.2 Å². The van der Waals surface area contributed by atoms with Crippen LogP contribution in [0.1, 0.15) is 26.4 Å². The largest absolute Gasteiger partial charge is 0.465 e. The number of amides is 1. The van der Waals surface area contributed by atoms with E-state index in [1.54, 1.807) is 13.0 Å². The number of aromatic amines is 1. The number of methoxy groups -OCH3 is 1. The molecule has 1 aromatic heterocycles. The summed E-state index contributed by atoms with van der Waals surface area (Å²) in [6, 6.07) is 4.58. The number of esters is 1. The molecule has 0 aliphatic carbocycles. The van der Waals surface area contributed by atoms with Crippen LogP contribution in [0, 0.1) is 6.92 Å². The fourth-order valence-electron chi connectivity index (χ4n) is 1.65. The summed E-state index contributed by atoms with van der Waals surface area (Å²) >= 11 is 5.90. The number of nitrogens with zero attached hydrogens (tertiary/aromatic N) is 1. The summed E-state index contributed by atoms with van der Waals surface area (Å²) in [5, 5.41) is 9.38. The van der Waals surface area contributed by atoms with E-state index in [0.29, 0.717) is 16.9 Å². The second-order valence-corrected chi connectivity index (χ2v) is 4.46. The number of rotatable bonds is 3. The van der Waals surface area contributed by atoms with Gasteiger partial charge in [-0.1, -0.05) is 11.6 Å². The van der Waals surface area contributed by atoms with E-state index >= 15 is 0 Å². The number of carbonyl (C=O) groups excluding carboxylic acids is 2. The summed E-state index contributed by atoms with van der Waals surface area (Å²) in [4.78, 5) is 23.5. The van der Waals surface area contributed by atoms with Gasteiger partial charge in [0.25, 0.3) is 5.91 Å². The maximum absolute atomic E-state index is 12.0. The number of halogens is 1. The van der Waals surface area contributed by atoms with Crippen molar-refractivity contribution in [3.63, 3.8) is 0 Å². The standard InChI is InChI=1S/C13H12ClN3O3/c1-7-10(6-15-17-7)12(18)16-8-3-4-11(14)9(5-8)13(19)20-2/h3-6H,1-2H3,(H,15,17)(H,16,18). The average molecular weight is 294 g/mol. The number of aromatic nitrogens is 2. The lowest BCUT2D eigenvalue weighted by atomic mass is 10.2. The molecule has 104 valence electrons. The van der Waals surface area contributed by atoms with Gasteiger partial charge in [-0.3, -0.25) is 9.89 Å². The van der Waals surface area contributed by atoms with Crippen molar-refractivity contribution < 1.29 is 14.3 Å². The number of nitrogens with one attached hydrogen (secondary N) is 2. The lowest BCUT2D eigenvalue weighted by molar-refractivity contribution is 0.0600. The molecule has 0 fully saturated rings. The van der Waals surface area contributed by atoms with Crippen molar-refractivity contribution in [3.8, 4) is 0 Å². The Balaban J connectivity index is 2.24. The van der Waals surface area contributed by atoms with Crippen molar-refractivity contribution in [2.45, 2.75) is 6.92 Å². The number of carbonyl (C=O) groups is 2. The first kappa shape index (κ1) is 14.1. The van der Waals surface area contributed by atoms with Gasteiger partial charge in [0.2, 0.25) is 0 Å². The fourth-order valence-corrected chi connectivity index (χ4v) is 1.84. The minimum atomic E-state index is -0.564. The zero-order valence-electron chi connectivity index (χ0n) is 10.9. The SMILES string of the molecule is COC(=O)c1cc(NC(=O)c2cn[nH]c2C)ccc1Cl. The van der Waals surface area contributed by atoms with Crippen molar-refractivity contribution in [3.05, 3.63) is 46.2 Å². The molecule has 1 aromatic carbocycles. The Labute approximate surface area is 120 Å². The maximum atomic E-state index is 12.0. The van der Waals surface area contributed by atoms with Crippen molar-refractivity contribution >= 4 is 29.2 Å². The van der Waals surface area contributed by atoms with E-state index in [0.717, 1.165) is 0 Å². The van der Waals surface area contributed by atoms with E-state index < -0.39 is 5.97 Å². The smallest absolute Gasteiger partial charge is 0.339 e. The molecular formula is C13H12ClN3O3. The third-order valence-electron chi connectivity index (χ3n) is 2.70.